The van der Waals surface area contributed by atoms with Gasteiger partial charge >= 0.3 is 0 Å². The molecule has 7 heteroatoms. The van der Waals surface area contributed by atoms with Gasteiger partial charge in [0.2, 0.25) is 0 Å². The third kappa shape index (κ3) is 3.12. The molecule has 0 N–H and O–H groups in total. The first-order chi connectivity index (χ1) is 8.51. The van der Waals surface area contributed by atoms with Gasteiger partial charge in [0.25, 0.3) is 0 Å². The molecule has 0 aliphatic rings. The minimum Gasteiger partial charge on any atom is -0.223 e. The van der Waals surface area contributed by atoms with Gasteiger partial charge in [-0.2, -0.15) is 0 Å². The summed E-state index contributed by atoms with van der Waals surface area (Å²) in [5.74, 6) is 0. The van der Waals surface area contributed by atoms with Gasteiger partial charge in [-0.25, -0.2) is 16.8 Å². The Kier molecular flexibility index (Phi) is 4.70. The van der Waals surface area contributed by atoms with Crippen LogP contribution in [0.15, 0.2) is 28.0 Å². The van der Waals surface area contributed by atoms with E-state index in [1.807, 2.05) is 0 Å². The lowest BCUT2D eigenvalue weighted by molar-refractivity contribution is 0.584. The first kappa shape index (κ1) is 16.5. The Morgan fingerprint density at radius 3 is 1.74 bits per heavy atom. The summed E-state index contributed by atoms with van der Waals surface area (Å²) in [6.45, 7) is 6.21. The van der Waals surface area contributed by atoms with Crippen LogP contribution in [-0.2, 0) is 19.7 Å². The van der Waals surface area contributed by atoms with E-state index >= 15 is 0 Å². The topological polar surface area (TPSA) is 68.3 Å². The van der Waals surface area contributed by atoms with Crippen LogP contribution in [0.5, 0.6) is 0 Å². The lowest BCUT2D eigenvalue weighted by Gasteiger charge is -2.12. The van der Waals surface area contributed by atoms with Crippen molar-refractivity contribution in [1.82, 2.24) is 0 Å². The van der Waals surface area contributed by atoms with E-state index in [1.54, 1.807) is 27.7 Å². The summed E-state index contributed by atoms with van der Waals surface area (Å²) >= 11 is 5.93. The van der Waals surface area contributed by atoms with E-state index in [2.05, 4.69) is 0 Å². The zero-order chi connectivity index (χ0) is 15.0. The molecule has 0 saturated heterocycles. The maximum Gasteiger partial charge on any atom is 0.182 e. The molecule has 0 saturated carbocycles. The number of hydrogen-bond donors (Lipinski definition) is 0. The fourth-order valence-electron chi connectivity index (χ4n) is 1.42. The largest absolute Gasteiger partial charge is 0.223 e. The van der Waals surface area contributed by atoms with Crippen molar-refractivity contribution in [3.63, 3.8) is 0 Å². The molecule has 0 atom stereocenters. The smallest absolute Gasteiger partial charge is 0.182 e. The Bertz CT molecular complexity index is 674. The summed E-state index contributed by atoms with van der Waals surface area (Å²) in [5.41, 5.74) is 0. The second-order valence-corrected chi connectivity index (χ2v) is 10.2. The summed E-state index contributed by atoms with van der Waals surface area (Å²) in [6.07, 6.45) is 0. The lowest BCUT2D eigenvalue weighted by Crippen LogP contribution is -2.16. The molecule has 108 valence electrons. The number of benzene rings is 1. The van der Waals surface area contributed by atoms with Crippen LogP contribution in [0.3, 0.4) is 0 Å². The Labute approximate surface area is 119 Å². The predicted octanol–water partition coefficient (Wildman–Crippen LogP) is 2.70. The minimum atomic E-state index is -3.52. The normalized spacial score (nSPS) is 13.2. The highest BCUT2D eigenvalue weighted by molar-refractivity contribution is 7.92. The zero-order valence-electron chi connectivity index (χ0n) is 11.2. The number of rotatable bonds is 4. The monoisotopic (exact) mass is 324 g/mol. The number of hydrogen-bond acceptors (Lipinski definition) is 4. The van der Waals surface area contributed by atoms with E-state index in [9.17, 15) is 16.8 Å². The number of halogens is 1. The van der Waals surface area contributed by atoms with E-state index in [4.69, 9.17) is 11.6 Å². The maximum absolute atomic E-state index is 12.0. The van der Waals surface area contributed by atoms with E-state index in [0.717, 1.165) is 0 Å². The molecule has 0 unspecified atom stereocenters. The second-order valence-electron chi connectivity index (χ2n) is 4.78. The van der Waals surface area contributed by atoms with Crippen molar-refractivity contribution in [3.8, 4) is 0 Å². The van der Waals surface area contributed by atoms with Crippen LogP contribution in [0.2, 0.25) is 5.02 Å². The first-order valence-corrected chi connectivity index (χ1v) is 9.25. The quantitative estimate of drug-likeness (QED) is 0.854. The molecular formula is C12H17ClO4S2. The van der Waals surface area contributed by atoms with Gasteiger partial charge in [-0.3, -0.25) is 0 Å². The van der Waals surface area contributed by atoms with Crippen molar-refractivity contribution in [2.75, 3.05) is 0 Å². The third-order valence-corrected chi connectivity index (χ3v) is 7.57. The Morgan fingerprint density at radius 2 is 1.37 bits per heavy atom. The van der Waals surface area contributed by atoms with Crippen molar-refractivity contribution in [1.29, 1.82) is 0 Å². The Morgan fingerprint density at radius 1 is 0.895 bits per heavy atom. The third-order valence-electron chi connectivity index (χ3n) is 2.78. The Hall–Kier alpha value is -0.590. The molecule has 1 rings (SSSR count). The fourth-order valence-corrected chi connectivity index (χ4v) is 4.16. The highest BCUT2D eigenvalue weighted by atomic mass is 35.5. The van der Waals surface area contributed by atoms with Gasteiger partial charge < -0.3 is 0 Å². The molecule has 0 radical (unpaired) electrons. The molecule has 0 fully saturated rings. The highest BCUT2D eigenvalue weighted by Gasteiger charge is 2.25. The maximum atomic E-state index is 12.0. The predicted molar refractivity (Wildman–Crippen MR) is 76.1 cm³/mol. The van der Waals surface area contributed by atoms with Gasteiger partial charge in [0, 0.05) is 0 Å². The van der Waals surface area contributed by atoms with Gasteiger partial charge in [-0.05, 0) is 45.9 Å². The van der Waals surface area contributed by atoms with Crippen molar-refractivity contribution >= 4 is 31.3 Å². The van der Waals surface area contributed by atoms with Crippen molar-refractivity contribution in [3.05, 3.63) is 23.2 Å². The molecule has 19 heavy (non-hydrogen) atoms. The molecule has 0 aliphatic heterocycles. The van der Waals surface area contributed by atoms with Crippen LogP contribution in [-0.4, -0.2) is 27.3 Å². The van der Waals surface area contributed by atoms with Crippen LogP contribution in [0.25, 0.3) is 0 Å². The average Bonchev–Trinajstić information content (AvgIpc) is 2.27. The van der Waals surface area contributed by atoms with Gasteiger partial charge in [-0.1, -0.05) is 11.6 Å². The van der Waals surface area contributed by atoms with Crippen LogP contribution >= 0.6 is 11.6 Å². The molecule has 1 aromatic carbocycles. The minimum absolute atomic E-state index is 0.0353. The van der Waals surface area contributed by atoms with Crippen LogP contribution in [0.4, 0.5) is 0 Å². The van der Waals surface area contributed by atoms with Crippen LogP contribution in [0, 0.1) is 0 Å². The molecule has 0 amide bonds. The molecule has 4 nitrogen and oxygen atoms in total. The van der Waals surface area contributed by atoms with E-state index in [0.29, 0.717) is 0 Å². The van der Waals surface area contributed by atoms with Crippen LogP contribution in [0.1, 0.15) is 27.7 Å². The Balaban J connectivity index is 3.43. The molecular weight excluding hydrogens is 308 g/mol. The average molecular weight is 325 g/mol. The van der Waals surface area contributed by atoms with Crippen molar-refractivity contribution < 1.29 is 16.8 Å². The summed E-state index contributed by atoms with van der Waals surface area (Å²) in [7, 11) is -6.98. The van der Waals surface area contributed by atoms with Gasteiger partial charge in [-0.15, -0.1) is 0 Å². The molecule has 0 spiro atoms. The number of sulfone groups is 2. The molecule has 0 aromatic heterocycles. The molecule has 1 aromatic rings. The lowest BCUT2D eigenvalue weighted by atomic mass is 10.4. The molecule has 0 heterocycles. The molecule has 0 bridgehead atoms. The van der Waals surface area contributed by atoms with Crippen molar-refractivity contribution in [2.45, 2.75) is 48.0 Å². The van der Waals surface area contributed by atoms with E-state index in [1.165, 1.54) is 18.2 Å². The van der Waals surface area contributed by atoms with E-state index in [-0.39, 0.29) is 14.8 Å². The van der Waals surface area contributed by atoms with Gasteiger partial charge in [0.05, 0.1) is 25.3 Å². The van der Waals surface area contributed by atoms with Crippen molar-refractivity contribution in [2.24, 2.45) is 0 Å². The summed E-state index contributed by atoms with van der Waals surface area (Å²) in [5, 5.41) is -1.26. The summed E-state index contributed by atoms with van der Waals surface area (Å²) < 4.78 is 48.0. The van der Waals surface area contributed by atoms with Crippen LogP contribution < -0.4 is 0 Å². The highest BCUT2D eigenvalue weighted by Crippen LogP contribution is 2.28. The summed E-state index contributed by atoms with van der Waals surface area (Å²) in [6, 6.07) is 3.75. The van der Waals surface area contributed by atoms with E-state index < -0.39 is 30.2 Å². The SMILES string of the molecule is CC(C)S(=O)(=O)c1ccc(S(=O)(=O)C(C)C)c(Cl)c1. The standard InChI is InChI=1S/C12H17ClO4S2/c1-8(2)18(14,15)10-5-6-12(11(13)7-10)19(16,17)9(3)4/h5-9H,1-4H3. The van der Waals surface area contributed by atoms with Gasteiger partial charge in [0.15, 0.2) is 19.7 Å². The zero-order valence-corrected chi connectivity index (χ0v) is 13.6. The summed E-state index contributed by atoms with van der Waals surface area (Å²) in [4.78, 5) is 0.00192. The molecule has 0 aliphatic carbocycles. The van der Waals surface area contributed by atoms with Gasteiger partial charge in [0.1, 0.15) is 0 Å². The second kappa shape index (κ2) is 5.42. The fraction of sp³-hybridized carbons (Fsp3) is 0.500. The first-order valence-electron chi connectivity index (χ1n) is 5.78.